The maximum atomic E-state index is 12.9. The second-order valence-electron chi connectivity index (χ2n) is 10.7. The van der Waals surface area contributed by atoms with Crippen LogP contribution in [0.4, 0.5) is 0 Å². The Bertz CT molecular complexity index is 975. The zero-order chi connectivity index (χ0) is 24.0. The van der Waals surface area contributed by atoms with Gasteiger partial charge in [0.1, 0.15) is 11.2 Å². The number of carbonyl (C=O) groups is 2. The Kier molecular flexibility index (Phi) is 5.00. The fraction of sp³-hybridized carbons (Fsp3) is 0.680. The molecule has 2 saturated carbocycles. The maximum Gasteiger partial charge on any atom is 0.334 e. The van der Waals surface area contributed by atoms with E-state index in [0.717, 1.165) is 0 Å². The lowest BCUT2D eigenvalue weighted by atomic mass is 9.59. The molecule has 0 aromatic rings. The van der Waals surface area contributed by atoms with E-state index >= 15 is 0 Å². The Labute approximate surface area is 188 Å². The molecule has 0 spiro atoms. The third-order valence-corrected chi connectivity index (χ3v) is 9.01. The van der Waals surface area contributed by atoms with Crippen molar-refractivity contribution in [3.8, 4) is 0 Å². The highest BCUT2D eigenvalue weighted by molar-refractivity contribution is 6.04. The van der Waals surface area contributed by atoms with Gasteiger partial charge in [-0.1, -0.05) is 39.0 Å². The van der Waals surface area contributed by atoms with E-state index < -0.39 is 63.7 Å². The predicted molar refractivity (Wildman–Crippen MR) is 116 cm³/mol. The number of ether oxygens (including phenoxy) is 1. The van der Waals surface area contributed by atoms with Crippen LogP contribution in [-0.2, 0) is 14.3 Å². The molecule has 0 bridgehead atoms. The van der Waals surface area contributed by atoms with Crippen molar-refractivity contribution in [3.05, 3.63) is 34.9 Å². The minimum absolute atomic E-state index is 0.0971. The SMILES string of the molecule is C/C=C(\C)C(=O)O[C@@]12[C@H](O)[C@@H](C)[C@@]3(O)[C@@H](C=C(CO)C[C@]4(O)C(=O)C(C)=C[C@@H]34)[C@H]1C2(C)C. The summed E-state index contributed by atoms with van der Waals surface area (Å²) < 4.78 is 5.98. The van der Waals surface area contributed by atoms with E-state index in [9.17, 15) is 30.0 Å². The van der Waals surface area contributed by atoms with Crippen LogP contribution in [0.3, 0.4) is 0 Å². The first kappa shape index (κ1) is 23.4. The van der Waals surface area contributed by atoms with Gasteiger partial charge in [0.15, 0.2) is 5.78 Å². The second-order valence-corrected chi connectivity index (χ2v) is 10.7. The van der Waals surface area contributed by atoms with Gasteiger partial charge in [-0.05, 0) is 31.9 Å². The molecule has 4 N–H and O–H groups in total. The van der Waals surface area contributed by atoms with Gasteiger partial charge in [0.05, 0.1) is 18.3 Å². The largest absolute Gasteiger partial charge is 0.452 e. The Hall–Kier alpha value is -1.80. The standard InChI is InChI=1S/C25H34O7/c1-7-12(2)21(29)32-25-18(22(25,5)6)16-9-15(11-26)10-23(30)17(8-13(3)19(23)27)24(16,31)14(4)20(25)28/h7-9,14,16-18,20,26,28,30-31H,10-11H2,1-6H3/b12-7+/t14-,16+,17-,18+,20-,23-,24-,25-/m1/s1. The number of fused-ring (bicyclic) bond motifs is 5. The number of allylic oxidation sites excluding steroid dienone is 1. The molecule has 0 saturated heterocycles. The topological polar surface area (TPSA) is 124 Å². The van der Waals surface area contributed by atoms with Crippen molar-refractivity contribution in [2.75, 3.05) is 6.61 Å². The summed E-state index contributed by atoms with van der Waals surface area (Å²) >= 11 is 0. The highest BCUT2D eigenvalue weighted by atomic mass is 16.6. The van der Waals surface area contributed by atoms with E-state index in [4.69, 9.17) is 4.74 Å². The summed E-state index contributed by atoms with van der Waals surface area (Å²) in [5.41, 5.74) is -4.26. The van der Waals surface area contributed by atoms with E-state index in [0.29, 0.717) is 16.7 Å². The number of aliphatic hydroxyl groups is 4. The van der Waals surface area contributed by atoms with Gasteiger partial charge in [0, 0.05) is 41.1 Å². The maximum absolute atomic E-state index is 12.9. The summed E-state index contributed by atoms with van der Waals surface area (Å²) in [5, 5.41) is 45.3. The minimum Gasteiger partial charge on any atom is -0.452 e. The van der Waals surface area contributed by atoms with Crippen LogP contribution >= 0.6 is 0 Å². The van der Waals surface area contributed by atoms with Crippen LogP contribution in [0, 0.1) is 29.1 Å². The van der Waals surface area contributed by atoms with Crippen LogP contribution in [0.15, 0.2) is 34.9 Å². The van der Waals surface area contributed by atoms with Crippen LogP contribution in [0.2, 0.25) is 0 Å². The number of ketones is 1. The molecule has 32 heavy (non-hydrogen) atoms. The summed E-state index contributed by atoms with van der Waals surface area (Å²) in [7, 11) is 0. The van der Waals surface area contributed by atoms with Crippen LogP contribution in [0.5, 0.6) is 0 Å². The molecule has 0 aromatic carbocycles. The minimum atomic E-state index is -1.90. The van der Waals surface area contributed by atoms with E-state index in [-0.39, 0.29) is 13.0 Å². The molecule has 7 nitrogen and oxygen atoms in total. The summed E-state index contributed by atoms with van der Waals surface area (Å²) in [6.07, 6.45) is 3.67. The molecule has 4 aliphatic carbocycles. The molecule has 0 aromatic heterocycles. The molecular formula is C25H34O7. The van der Waals surface area contributed by atoms with Crippen molar-refractivity contribution in [2.45, 2.75) is 70.9 Å². The highest BCUT2D eigenvalue weighted by Gasteiger charge is 2.86. The lowest BCUT2D eigenvalue weighted by Crippen LogP contribution is -2.65. The van der Waals surface area contributed by atoms with Crippen molar-refractivity contribution in [2.24, 2.45) is 29.1 Å². The molecule has 4 aliphatic rings. The van der Waals surface area contributed by atoms with Crippen molar-refractivity contribution >= 4 is 11.8 Å². The molecule has 176 valence electrons. The van der Waals surface area contributed by atoms with Gasteiger partial charge in [-0.3, -0.25) is 4.79 Å². The van der Waals surface area contributed by atoms with Crippen molar-refractivity contribution in [3.63, 3.8) is 0 Å². The van der Waals surface area contributed by atoms with Gasteiger partial charge >= 0.3 is 5.97 Å². The zero-order valence-corrected chi connectivity index (χ0v) is 19.5. The van der Waals surface area contributed by atoms with E-state index in [1.165, 1.54) is 0 Å². The fourth-order valence-corrected chi connectivity index (χ4v) is 7.02. The van der Waals surface area contributed by atoms with Crippen LogP contribution in [0.25, 0.3) is 0 Å². The quantitative estimate of drug-likeness (QED) is 0.294. The van der Waals surface area contributed by atoms with Crippen molar-refractivity contribution in [1.29, 1.82) is 0 Å². The van der Waals surface area contributed by atoms with Crippen LogP contribution in [-0.4, -0.2) is 61.7 Å². The van der Waals surface area contributed by atoms with Gasteiger partial charge in [0.25, 0.3) is 0 Å². The summed E-state index contributed by atoms with van der Waals surface area (Å²) in [6, 6.07) is 0. The molecule has 0 aliphatic heterocycles. The Morgan fingerprint density at radius 3 is 2.47 bits per heavy atom. The Balaban J connectivity index is 1.90. The zero-order valence-electron chi connectivity index (χ0n) is 19.5. The summed E-state index contributed by atoms with van der Waals surface area (Å²) in [4.78, 5) is 25.7. The summed E-state index contributed by atoms with van der Waals surface area (Å²) in [6.45, 7) is 10.1. The van der Waals surface area contributed by atoms with Gasteiger partial charge in [0.2, 0.25) is 0 Å². The van der Waals surface area contributed by atoms with E-state index in [2.05, 4.69) is 0 Å². The van der Waals surface area contributed by atoms with Crippen LogP contribution in [0.1, 0.15) is 48.0 Å². The number of Topliss-reactive ketones (excluding diaryl/α,β-unsaturated/α-hetero) is 1. The lowest BCUT2D eigenvalue weighted by molar-refractivity contribution is -0.218. The molecule has 0 heterocycles. The molecule has 0 amide bonds. The normalized spacial score (nSPS) is 46.9. The van der Waals surface area contributed by atoms with Gasteiger partial charge in [-0.15, -0.1) is 0 Å². The average molecular weight is 447 g/mol. The monoisotopic (exact) mass is 446 g/mol. The number of rotatable bonds is 3. The van der Waals surface area contributed by atoms with E-state index in [1.54, 1.807) is 45.9 Å². The Morgan fingerprint density at radius 1 is 1.28 bits per heavy atom. The first-order valence-corrected chi connectivity index (χ1v) is 11.3. The van der Waals surface area contributed by atoms with E-state index in [1.807, 2.05) is 13.8 Å². The number of carbonyl (C=O) groups excluding carboxylic acids is 2. The molecule has 0 radical (unpaired) electrons. The first-order valence-electron chi connectivity index (χ1n) is 11.3. The molecule has 2 fully saturated rings. The van der Waals surface area contributed by atoms with Gasteiger partial charge in [-0.2, -0.15) is 0 Å². The molecule has 4 rings (SSSR count). The summed E-state index contributed by atoms with van der Waals surface area (Å²) in [5.74, 6) is -3.90. The Morgan fingerprint density at radius 2 is 1.91 bits per heavy atom. The molecular weight excluding hydrogens is 412 g/mol. The first-order chi connectivity index (χ1) is 14.7. The smallest absolute Gasteiger partial charge is 0.334 e. The average Bonchev–Trinajstić information content (AvgIpc) is 3.18. The van der Waals surface area contributed by atoms with Gasteiger partial charge in [-0.25, -0.2) is 4.79 Å². The van der Waals surface area contributed by atoms with Crippen molar-refractivity contribution < 1.29 is 34.8 Å². The predicted octanol–water partition coefficient (Wildman–Crippen LogP) is 1.45. The third kappa shape index (κ3) is 2.51. The number of esters is 1. The lowest BCUT2D eigenvalue weighted by Gasteiger charge is -2.52. The number of aliphatic hydroxyl groups excluding tert-OH is 2. The molecule has 8 atom stereocenters. The highest BCUT2D eigenvalue weighted by Crippen LogP contribution is 2.76. The number of hydrogen-bond donors (Lipinski definition) is 4. The second kappa shape index (κ2) is 6.86. The molecule has 7 heteroatoms. The van der Waals surface area contributed by atoms with Crippen molar-refractivity contribution in [1.82, 2.24) is 0 Å². The number of hydrogen-bond acceptors (Lipinski definition) is 7. The van der Waals surface area contributed by atoms with Gasteiger partial charge < -0.3 is 25.2 Å². The fourth-order valence-electron chi connectivity index (χ4n) is 7.02. The third-order valence-electron chi connectivity index (χ3n) is 9.01. The van der Waals surface area contributed by atoms with Crippen LogP contribution < -0.4 is 0 Å². The molecule has 0 unspecified atom stereocenters.